The number of nitrogens with zero attached hydrogens (tertiary/aromatic N) is 1. The van der Waals surface area contributed by atoms with Gasteiger partial charge < -0.3 is 0 Å². The first-order valence-corrected chi connectivity index (χ1v) is 7.09. The second-order valence-corrected chi connectivity index (χ2v) is 5.86. The molecule has 88 valence electrons. The van der Waals surface area contributed by atoms with E-state index >= 15 is 0 Å². The van der Waals surface area contributed by atoms with Gasteiger partial charge in [-0.1, -0.05) is 19.3 Å². The fourth-order valence-corrected chi connectivity index (χ4v) is 3.28. The predicted molar refractivity (Wildman–Crippen MR) is 61.4 cm³/mol. The highest BCUT2D eigenvalue weighted by Gasteiger charge is 2.21. The minimum atomic E-state index is -3.37. The Labute approximate surface area is 96.1 Å². The van der Waals surface area contributed by atoms with Crippen LogP contribution in [0.1, 0.15) is 32.1 Å². The minimum absolute atomic E-state index is 0.0963. The van der Waals surface area contributed by atoms with Crippen molar-refractivity contribution >= 4 is 10.0 Å². The van der Waals surface area contributed by atoms with Crippen molar-refractivity contribution in [1.82, 2.24) is 9.71 Å². The van der Waals surface area contributed by atoms with Gasteiger partial charge in [-0.05, 0) is 25.0 Å². The molecule has 0 saturated heterocycles. The molecule has 0 spiro atoms. The highest BCUT2D eigenvalue weighted by molar-refractivity contribution is 7.89. The maximum absolute atomic E-state index is 11.9. The van der Waals surface area contributed by atoms with Gasteiger partial charge in [-0.15, -0.1) is 0 Å². The van der Waals surface area contributed by atoms with Crippen LogP contribution in [0.4, 0.5) is 0 Å². The van der Waals surface area contributed by atoms with Crippen molar-refractivity contribution in [3.05, 3.63) is 24.5 Å². The first-order valence-electron chi connectivity index (χ1n) is 5.61. The maximum Gasteiger partial charge on any atom is 0.242 e. The molecule has 5 heteroatoms. The number of pyridine rings is 1. The molecule has 0 aromatic carbocycles. The highest BCUT2D eigenvalue weighted by Crippen LogP contribution is 2.19. The Morgan fingerprint density at radius 1 is 1.25 bits per heavy atom. The topological polar surface area (TPSA) is 59.1 Å². The van der Waals surface area contributed by atoms with Gasteiger partial charge in [0.15, 0.2) is 0 Å². The molecular formula is C11H16N2O2S. The molecular weight excluding hydrogens is 224 g/mol. The van der Waals surface area contributed by atoms with Gasteiger partial charge in [0.2, 0.25) is 10.0 Å². The van der Waals surface area contributed by atoms with Gasteiger partial charge in [0.1, 0.15) is 4.90 Å². The summed E-state index contributed by atoms with van der Waals surface area (Å²) in [5.74, 6) is 0. The first-order chi connectivity index (χ1) is 7.68. The molecule has 1 aromatic heterocycles. The van der Waals surface area contributed by atoms with E-state index in [4.69, 9.17) is 0 Å². The summed E-state index contributed by atoms with van der Waals surface area (Å²) in [4.78, 5) is 4.08. The third-order valence-corrected chi connectivity index (χ3v) is 4.38. The van der Waals surface area contributed by atoms with Crippen LogP contribution < -0.4 is 4.72 Å². The fraction of sp³-hybridized carbons (Fsp3) is 0.545. The zero-order valence-corrected chi connectivity index (χ0v) is 9.91. The second kappa shape index (κ2) is 4.93. The van der Waals surface area contributed by atoms with E-state index in [-0.39, 0.29) is 10.9 Å². The molecule has 4 nitrogen and oxygen atoms in total. The minimum Gasteiger partial charge on any atom is -0.263 e. The van der Waals surface area contributed by atoms with Crippen molar-refractivity contribution in [2.24, 2.45) is 0 Å². The van der Waals surface area contributed by atoms with Crippen LogP contribution in [0, 0.1) is 0 Å². The Morgan fingerprint density at radius 2 is 2.00 bits per heavy atom. The highest BCUT2D eigenvalue weighted by atomic mass is 32.2. The Bertz CT molecular complexity index is 425. The number of nitrogens with one attached hydrogen (secondary N) is 1. The summed E-state index contributed by atoms with van der Waals surface area (Å²) < 4.78 is 26.6. The van der Waals surface area contributed by atoms with Crippen LogP contribution in [0.2, 0.25) is 0 Å². The Kier molecular flexibility index (Phi) is 3.56. The number of rotatable bonds is 3. The lowest BCUT2D eigenvalue weighted by atomic mass is 9.96. The van der Waals surface area contributed by atoms with E-state index in [9.17, 15) is 8.42 Å². The molecule has 0 amide bonds. The molecule has 1 fully saturated rings. The summed E-state index contributed by atoms with van der Waals surface area (Å²) in [6.45, 7) is 0. The Balaban J connectivity index is 2.08. The van der Waals surface area contributed by atoms with Crippen LogP contribution >= 0.6 is 0 Å². The average Bonchev–Trinajstić information content (AvgIpc) is 2.31. The standard InChI is InChI=1S/C11H16N2O2S/c14-16(15,11-7-4-8-12-9-11)13-10-5-2-1-3-6-10/h4,7-10,13H,1-3,5-6H2. The van der Waals surface area contributed by atoms with E-state index in [1.165, 1.54) is 12.6 Å². The largest absolute Gasteiger partial charge is 0.263 e. The zero-order chi connectivity index (χ0) is 11.4. The molecule has 0 unspecified atom stereocenters. The number of aromatic nitrogens is 1. The van der Waals surface area contributed by atoms with Crippen LogP contribution in [0.15, 0.2) is 29.4 Å². The molecule has 1 heterocycles. The van der Waals surface area contributed by atoms with Gasteiger partial charge in [-0.2, -0.15) is 0 Å². The fourth-order valence-electron chi connectivity index (χ4n) is 2.01. The summed E-state index contributed by atoms with van der Waals surface area (Å²) in [5.41, 5.74) is 0. The lowest BCUT2D eigenvalue weighted by molar-refractivity contribution is 0.412. The van der Waals surface area contributed by atoms with Crippen molar-refractivity contribution in [3.63, 3.8) is 0 Å². The molecule has 0 bridgehead atoms. The Hall–Kier alpha value is -0.940. The van der Waals surface area contributed by atoms with Crippen LogP contribution in [0.25, 0.3) is 0 Å². The number of hydrogen-bond acceptors (Lipinski definition) is 3. The third-order valence-electron chi connectivity index (χ3n) is 2.87. The first kappa shape index (κ1) is 11.5. The van der Waals surface area contributed by atoms with Crippen molar-refractivity contribution in [3.8, 4) is 0 Å². The number of hydrogen-bond donors (Lipinski definition) is 1. The van der Waals surface area contributed by atoms with Crippen LogP contribution in [-0.2, 0) is 10.0 Å². The average molecular weight is 240 g/mol. The molecule has 0 aliphatic heterocycles. The second-order valence-electron chi connectivity index (χ2n) is 4.14. The van der Waals surface area contributed by atoms with Crippen LogP contribution in [-0.4, -0.2) is 19.4 Å². The van der Waals surface area contributed by atoms with E-state index in [0.717, 1.165) is 25.7 Å². The van der Waals surface area contributed by atoms with Gasteiger partial charge in [-0.3, -0.25) is 4.98 Å². The van der Waals surface area contributed by atoms with Crippen molar-refractivity contribution in [2.45, 2.75) is 43.0 Å². The van der Waals surface area contributed by atoms with Crippen LogP contribution in [0.3, 0.4) is 0 Å². The van der Waals surface area contributed by atoms with E-state index < -0.39 is 10.0 Å². The lowest BCUT2D eigenvalue weighted by Crippen LogP contribution is -2.36. The maximum atomic E-state index is 11.9. The Morgan fingerprint density at radius 3 is 2.62 bits per heavy atom. The summed E-state index contributed by atoms with van der Waals surface area (Å²) in [5, 5.41) is 0. The SMILES string of the molecule is O=S(=O)(NC1CCCCC1)c1cccnc1. The van der Waals surface area contributed by atoms with E-state index in [1.807, 2.05) is 0 Å². The van der Waals surface area contributed by atoms with E-state index in [0.29, 0.717) is 0 Å². The van der Waals surface area contributed by atoms with E-state index in [2.05, 4.69) is 9.71 Å². The molecule has 1 N–H and O–H groups in total. The quantitative estimate of drug-likeness (QED) is 0.874. The molecule has 1 aromatic rings. The molecule has 1 aliphatic carbocycles. The van der Waals surface area contributed by atoms with Gasteiger partial charge in [0, 0.05) is 18.4 Å². The van der Waals surface area contributed by atoms with Crippen molar-refractivity contribution in [2.75, 3.05) is 0 Å². The monoisotopic (exact) mass is 240 g/mol. The lowest BCUT2D eigenvalue weighted by Gasteiger charge is -2.22. The predicted octanol–water partition coefficient (Wildman–Crippen LogP) is 1.69. The molecule has 0 atom stereocenters. The summed E-state index contributed by atoms with van der Waals surface area (Å²) in [6, 6.07) is 3.30. The normalized spacial score (nSPS) is 18.5. The molecule has 16 heavy (non-hydrogen) atoms. The molecule has 1 aliphatic rings. The zero-order valence-electron chi connectivity index (χ0n) is 9.09. The van der Waals surface area contributed by atoms with Gasteiger partial charge in [0.05, 0.1) is 0 Å². The van der Waals surface area contributed by atoms with Gasteiger partial charge >= 0.3 is 0 Å². The van der Waals surface area contributed by atoms with Crippen LogP contribution in [0.5, 0.6) is 0 Å². The van der Waals surface area contributed by atoms with Crippen molar-refractivity contribution < 1.29 is 8.42 Å². The third kappa shape index (κ3) is 2.80. The van der Waals surface area contributed by atoms with Gasteiger partial charge in [-0.25, -0.2) is 13.1 Å². The van der Waals surface area contributed by atoms with Crippen molar-refractivity contribution in [1.29, 1.82) is 0 Å². The smallest absolute Gasteiger partial charge is 0.242 e. The summed E-state index contributed by atoms with van der Waals surface area (Å²) in [7, 11) is -3.37. The van der Waals surface area contributed by atoms with E-state index in [1.54, 1.807) is 18.3 Å². The summed E-state index contributed by atoms with van der Waals surface area (Å²) >= 11 is 0. The molecule has 0 radical (unpaired) electrons. The van der Waals surface area contributed by atoms with Gasteiger partial charge in [0.25, 0.3) is 0 Å². The number of sulfonamides is 1. The summed E-state index contributed by atoms with van der Waals surface area (Å²) in [6.07, 6.45) is 8.27. The molecule has 1 saturated carbocycles. The molecule has 2 rings (SSSR count).